The third-order valence-electron chi connectivity index (χ3n) is 3.63. The van der Waals surface area contributed by atoms with Crippen LogP contribution in [0.4, 0.5) is 5.82 Å². The van der Waals surface area contributed by atoms with Gasteiger partial charge in [0.1, 0.15) is 5.82 Å². The average molecular weight is 233 g/mol. The number of hydrogen-bond donors (Lipinski definition) is 1. The van der Waals surface area contributed by atoms with E-state index in [1.165, 1.54) is 24.9 Å². The van der Waals surface area contributed by atoms with Gasteiger partial charge in [0.15, 0.2) is 0 Å². The van der Waals surface area contributed by atoms with Crippen molar-refractivity contribution < 1.29 is 0 Å². The normalized spacial score (nSPS) is 19.5. The van der Waals surface area contributed by atoms with Crippen LogP contribution in [0.1, 0.15) is 39.2 Å². The number of aromatic nitrogens is 1. The quantitative estimate of drug-likeness (QED) is 0.866. The number of nitrogens with one attached hydrogen (secondary N) is 1. The molecule has 0 atom stereocenters. The first-order valence-electron chi connectivity index (χ1n) is 6.55. The number of hydrogen-bond acceptors (Lipinski definition) is 3. The fraction of sp³-hybridized carbons (Fsp3) is 0.643. The molecule has 1 fully saturated rings. The van der Waals surface area contributed by atoms with Gasteiger partial charge in [0.05, 0.1) is 0 Å². The standard InChI is InChI=1S/C14H23N3/c1-4-15-13-10-12(6-8-16-13)11-17-9-5-7-14(17,2)3/h6,8,10H,4-5,7,9,11H2,1-3H3,(H,15,16). The predicted molar refractivity (Wildman–Crippen MR) is 72.1 cm³/mol. The third-order valence-corrected chi connectivity index (χ3v) is 3.63. The van der Waals surface area contributed by atoms with Crippen molar-refractivity contribution in [1.29, 1.82) is 0 Å². The Kier molecular flexibility index (Phi) is 3.67. The highest BCUT2D eigenvalue weighted by Crippen LogP contribution is 2.29. The Labute approximate surface area is 104 Å². The molecule has 0 radical (unpaired) electrons. The Morgan fingerprint density at radius 3 is 2.94 bits per heavy atom. The fourth-order valence-corrected chi connectivity index (χ4v) is 2.53. The number of anilines is 1. The van der Waals surface area contributed by atoms with Gasteiger partial charge >= 0.3 is 0 Å². The van der Waals surface area contributed by atoms with Crippen LogP contribution in [0.3, 0.4) is 0 Å². The Hall–Kier alpha value is -1.09. The van der Waals surface area contributed by atoms with Crippen LogP contribution in [0.15, 0.2) is 18.3 Å². The number of likely N-dealkylation sites (tertiary alicyclic amines) is 1. The summed E-state index contributed by atoms with van der Waals surface area (Å²) in [6, 6.07) is 4.28. The molecule has 1 saturated heterocycles. The van der Waals surface area contributed by atoms with Crippen molar-refractivity contribution in [3.63, 3.8) is 0 Å². The SMILES string of the molecule is CCNc1cc(CN2CCCC2(C)C)ccn1. The third kappa shape index (κ3) is 2.97. The summed E-state index contributed by atoms with van der Waals surface area (Å²) in [6.45, 7) is 9.95. The van der Waals surface area contributed by atoms with Crippen LogP contribution < -0.4 is 5.32 Å². The minimum Gasteiger partial charge on any atom is -0.370 e. The summed E-state index contributed by atoms with van der Waals surface area (Å²) in [7, 11) is 0. The van der Waals surface area contributed by atoms with E-state index in [0.717, 1.165) is 18.9 Å². The van der Waals surface area contributed by atoms with Crippen molar-refractivity contribution in [2.75, 3.05) is 18.4 Å². The van der Waals surface area contributed by atoms with E-state index in [1.54, 1.807) is 0 Å². The Balaban J connectivity index is 2.05. The molecule has 0 aromatic carbocycles. The van der Waals surface area contributed by atoms with Crippen LogP contribution in [-0.4, -0.2) is 28.5 Å². The first kappa shape index (κ1) is 12.4. The Morgan fingerprint density at radius 2 is 2.29 bits per heavy atom. The summed E-state index contributed by atoms with van der Waals surface area (Å²) in [5.41, 5.74) is 1.70. The molecule has 1 aromatic rings. The van der Waals surface area contributed by atoms with E-state index in [-0.39, 0.29) is 0 Å². The average Bonchev–Trinajstić information content (AvgIpc) is 2.59. The molecular weight excluding hydrogens is 210 g/mol. The van der Waals surface area contributed by atoms with Crippen molar-refractivity contribution >= 4 is 5.82 Å². The molecule has 0 amide bonds. The van der Waals surface area contributed by atoms with E-state index in [2.05, 4.69) is 48.1 Å². The largest absolute Gasteiger partial charge is 0.370 e. The lowest BCUT2D eigenvalue weighted by atomic mass is 10.0. The second-order valence-corrected chi connectivity index (χ2v) is 5.42. The van der Waals surface area contributed by atoms with Crippen molar-refractivity contribution in [3.8, 4) is 0 Å². The molecular formula is C14H23N3. The van der Waals surface area contributed by atoms with E-state index in [0.29, 0.717) is 5.54 Å². The van der Waals surface area contributed by atoms with Gasteiger partial charge in [-0.25, -0.2) is 4.98 Å². The number of nitrogens with zero attached hydrogens (tertiary/aromatic N) is 2. The van der Waals surface area contributed by atoms with Crippen LogP contribution in [0.5, 0.6) is 0 Å². The van der Waals surface area contributed by atoms with Gasteiger partial charge in [-0.2, -0.15) is 0 Å². The summed E-state index contributed by atoms with van der Waals surface area (Å²) < 4.78 is 0. The molecule has 0 bridgehead atoms. The molecule has 2 heterocycles. The van der Waals surface area contributed by atoms with Gasteiger partial charge in [-0.3, -0.25) is 4.90 Å². The van der Waals surface area contributed by atoms with Crippen LogP contribution in [0.25, 0.3) is 0 Å². The first-order valence-corrected chi connectivity index (χ1v) is 6.55. The van der Waals surface area contributed by atoms with E-state index >= 15 is 0 Å². The Morgan fingerprint density at radius 1 is 1.47 bits per heavy atom. The van der Waals surface area contributed by atoms with Gasteiger partial charge in [0.2, 0.25) is 0 Å². The van der Waals surface area contributed by atoms with Crippen molar-refractivity contribution in [2.45, 2.75) is 45.7 Å². The maximum Gasteiger partial charge on any atom is 0.126 e. The summed E-state index contributed by atoms with van der Waals surface area (Å²) >= 11 is 0. The fourth-order valence-electron chi connectivity index (χ4n) is 2.53. The molecule has 1 aliphatic heterocycles. The van der Waals surface area contributed by atoms with E-state index in [4.69, 9.17) is 0 Å². The molecule has 3 nitrogen and oxygen atoms in total. The second-order valence-electron chi connectivity index (χ2n) is 5.42. The van der Waals surface area contributed by atoms with Crippen molar-refractivity contribution in [1.82, 2.24) is 9.88 Å². The highest BCUT2D eigenvalue weighted by atomic mass is 15.2. The van der Waals surface area contributed by atoms with E-state index in [9.17, 15) is 0 Å². The molecule has 94 valence electrons. The lowest BCUT2D eigenvalue weighted by Gasteiger charge is -2.31. The van der Waals surface area contributed by atoms with Crippen molar-refractivity contribution in [3.05, 3.63) is 23.9 Å². The number of rotatable bonds is 4. The molecule has 0 aliphatic carbocycles. The predicted octanol–water partition coefficient (Wildman–Crippen LogP) is 2.89. The molecule has 2 rings (SSSR count). The molecule has 1 N–H and O–H groups in total. The van der Waals surface area contributed by atoms with Gasteiger partial charge < -0.3 is 5.32 Å². The van der Waals surface area contributed by atoms with E-state index < -0.39 is 0 Å². The van der Waals surface area contributed by atoms with Gasteiger partial charge in [-0.05, 0) is 57.9 Å². The first-order chi connectivity index (χ1) is 8.12. The summed E-state index contributed by atoms with van der Waals surface area (Å²) in [4.78, 5) is 6.88. The lowest BCUT2D eigenvalue weighted by molar-refractivity contribution is 0.166. The van der Waals surface area contributed by atoms with Gasteiger partial charge in [0, 0.05) is 24.8 Å². The molecule has 1 aromatic heterocycles. The summed E-state index contributed by atoms with van der Waals surface area (Å²) in [5, 5.41) is 3.26. The summed E-state index contributed by atoms with van der Waals surface area (Å²) in [6.07, 6.45) is 4.52. The lowest BCUT2D eigenvalue weighted by Crippen LogP contribution is -2.37. The van der Waals surface area contributed by atoms with Gasteiger partial charge in [-0.15, -0.1) is 0 Å². The zero-order chi connectivity index (χ0) is 12.3. The zero-order valence-corrected chi connectivity index (χ0v) is 11.2. The maximum atomic E-state index is 4.31. The smallest absolute Gasteiger partial charge is 0.126 e. The minimum absolute atomic E-state index is 0.349. The second kappa shape index (κ2) is 5.05. The highest BCUT2D eigenvalue weighted by molar-refractivity contribution is 5.37. The van der Waals surface area contributed by atoms with Crippen LogP contribution in [0, 0.1) is 0 Å². The van der Waals surface area contributed by atoms with Crippen LogP contribution >= 0.6 is 0 Å². The highest BCUT2D eigenvalue weighted by Gasteiger charge is 2.31. The number of pyridine rings is 1. The van der Waals surface area contributed by atoms with E-state index in [1.807, 2.05) is 6.20 Å². The van der Waals surface area contributed by atoms with Crippen molar-refractivity contribution in [2.24, 2.45) is 0 Å². The van der Waals surface area contributed by atoms with Gasteiger partial charge in [-0.1, -0.05) is 0 Å². The van der Waals surface area contributed by atoms with Crippen LogP contribution in [0.2, 0.25) is 0 Å². The molecule has 3 heteroatoms. The van der Waals surface area contributed by atoms with Crippen LogP contribution in [-0.2, 0) is 6.54 Å². The Bertz CT molecular complexity index is 373. The monoisotopic (exact) mass is 233 g/mol. The minimum atomic E-state index is 0.349. The molecule has 1 aliphatic rings. The summed E-state index contributed by atoms with van der Waals surface area (Å²) in [5.74, 6) is 0.988. The molecule has 17 heavy (non-hydrogen) atoms. The topological polar surface area (TPSA) is 28.2 Å². The zero-order valence-electron chi connectivity index (χ0n) is 11.2. The molecule has 0 unspecified atom stereocenters. The maximum absolute atomic E-state index is 4.31. The molecule has 0 spiro atoms. The van der Waals surface area contributed by atoms with Gasteiger partial charge in [0.25, 0.3) is 0 Å². The molecule has 0 saturated carbocycles.